The van der Waals surface area contributed by atoms with E-state index in [0.717, 1.165) is 6.42 Å². The van der Waals surface area contributed by atoms with Crippen LogP contribution in [0.15, 0.2) is 96.6 Å². The zero-order valence-electron chi connectivity index (χ0n) is 15.3. The summed E-state index contributed by atoms with van der Waals surface area (Å²) < 4.78 is 1.34. The van der Waals surface area contributed by atoms with Crippen LogP contribution in [-0.2, 0) is 5.41 Å². The number of halogens is 1. The molecule has 1 unspecified atom stereocenters. The SMILES string of the molecule is CC1C=CC2=C(C1)C(c1ccccc1)(c1ccccc1)c1cccc(I)c12. The lowest BCUT2D eigenvalue weighted by Crippen LogP contribution is -2.31. The van der Waals surface area contributed by atoms with Crippen molar-refractivity contribution >= 4 is 28.2 Å². The number of hydrogen-bond acceptors (Lipinski definition) is 0. The molecule has 0 aliphatic heterocycles. The molecule has 3 aromatic rings. The second-order valence-electron chi connectivity index (χ2n) is 7.58. The van der Waals surface area contributed by atoms with Gasteiger partial charge in [-0.25, -0.2) is 0 Å². The van der Waals surface area contributed by atoms with Gasteiger partial charge in [0, 0.05) is 3.57 Å². The van der Waals surface area contributed by atoms with Gasteiger partial charge in [0.1, 0.15) is 0 Å². The van der Waals surface area contributed by atoms with Gasteiger partial charge >= 0.3 is 0 Å². The molecule has 0 amide bonds. The summed E-state index contributed by atoms with van der Waals surface area (Å²) in [4.78, 5) is 0. The van der Waals surface area contributed by atoms with Crippen molar-refractivity contribution in [3.8, 4) is 0 Å². The highest BCUT2D eigenvalue weighted by atomic mass is 127. The molecule has 1 heteroatoms. The van der Waals surface area contributed by atoms with Gasteiger partial charge in [0.2, 0.25) is 0 Å². The topological polar surface area (TPSA) is 0 Å². The molecule has 2 aliphatic rings. The predicted octanol–water partition coefficient (Wildman–Crippen LogP) is 6.99. The van der Waals surface area contributed by atoms with E-state index in [1.54, 1.807) is 5.57 Å². The molecule has 0 nitrogen and oxygen atoms in total. The minimum atomic E-state index is -0.201. The Labute approximate surface area is 174 Å². The first-order valence-electron chi connectivity index (χ1n) is 9.55. The van der Waals surface area contributed by atoms with E-state index >= 15 is 0 Å². The number of fused-ring (bicyclic) bond motifs is 2. The first-order chi connectivity index (χ1) is 13.2. The van der Waals surface area contributed by atoms with Crippen LogP contribution >= 0.6 is 22.6 Å². The molecular weight excluding hydrogens is 439 g/mol. The monoisotopic (exact) mass is 460 g/mol. The number of benzene rings is 3. The highest BCUT2D eigenvalue weighted by Crippen LogP contribution is 2.58. The second kappa shape index (κ2) is 6.49. The molecule has 0 N–H and O–H groups in total. The molecule has 132 valence electrons. The third-order valence-electron chi connectivity index (χ3n) is 6.00. The fourth-order valence-corrected chi connectivity index (χ4v) is 5.71. The summed E-state index contributed by atoms with van der Waals surface area (Å²) >= 11 is 2.51. The van der Waals surface area contributed by atoms with Gasteiger partial charge in [0.25, 0.3) is 0 Å². The first-order valence-corrected chi connectivity index (χ1v) is 10.6. The molecule has 3 aromatic carbocycles. The van der Waals surface area contributed by atoms with Crippen LogP contribution in [0, 0.1) is 9.49 Å². The van der Waals surface area contributed by atoms with Crippen LogP contribution in [0.1, 0.15) is 35.6 Å². The number of hydrogen-bond donors (Lipinski definition) is 0. The Morgan fingerprint density at radius 1 is 0.815 bits per heavy atom. The molecule has 0 aromatic heterocycles. The van der Waals surface area contributed by atoms with E-state index in [-0.39, 0.29) is 5.41 Å². The average molecular weight is 460 g/mol. The van der Waals surface area contributed by atoms with Crippen LogP contribution in [0.4, 0.5) is 0 Å². The van der Waals surface area contributed by atoms with E-state index < -0.39 is 0 Å². The maximum Gasteiger partial charge on any atom is 0.0677 e. The summed E-state index contributed by atoms with van der Waals surface area (Å²) in [5.41, 5.74) is 8.36. The minimum Gasteiger partial charge on any atom is -0.0808 e. The molecule has 0 saturated heterocycles. The van der Waals surface area contributed by atoms with Crippen molar-refractivity contribution in [1.82, 2.24) is 0 Å². The largest absolute Gasteiger partial charge is 0.0808 e. The van der Waals surface area contributed by atoms with E-state index in [9.17, 15) is 0 Å². The van der Waals surface area contributed by atoms with Gasteiger partial charge in [0.05, 0.1) is 5.41 Å². The quantitative estimate of drug-likeness (QED) is 0.362. The van der Waals surface area contributed by atoms with Crippen LogP contribution in [0.25, 0.3) is 5.57 Å². The van der Waals surface area contributed by atoms with Crippen molar-refractivity contribution in [3.63, 3.8) is 0 Å². The van der Waals surface area contributed by atoms with Crippen molar-refractivity contribution in [2.75, 3.05) is 0 Å². The Hall–Kier alpha value is -2.13. The maximum atomic E-state index is 2.51. The standard InChI is InChI=1S/C26H21I/c1-18-15-16-21-23(17-18)26(19-9-4-2-5-10-19,20-11-6-3-7-12-20)22-13-8-14-24(27)25(21)22/h2-16,18H,17H2,1H3. The molecule has 0 radical (unpaired) electrons. The van der Waals surface area contributed by atoms with Crippen molar-refractivity contribution in [1.29, 1.82) is 0 Å². The summed E-state index contributed by atoms with van der Waals surface area (Å²) in [5, 5.41) is 0. The zero-order chi connectivity index (χ0) is 18.4. The van der Waals surface area contributed by atoms with Gasteiger partial charge in [-0.2, -0.15) is 0 Å². The molecule has 27 heavy (non-hydrogen) atoms. The Balaban J connectivity index is 1.95. The summed E-state index contributed by atoms with van der Waals surface area (Å²) in [7, 11) is 0. The van der Waals surface area contributed by atoms with Gasteiger partial charge in [-0.15, -0.1) is 0 Å². The maximum absolute atomic E-state index is 2.51. The third-order valence-corrected chi connectivity index (χ3v) is 6.89. The average Bonchev–Trinajstić information content (AvgIpc) is 3.01. The van der Waals surface area contributed by atoms with Crippen molar-refractivity contribution < 1.29 is 0 Å². The Kier molecular flexibility index (Phi) is 4.08. The van der Waals surface area contributed by atoms with E-state index in [1.807, 2.05) is 0 Å². The van der Waals surface area contributed by atoms with Gasteiger partial charge in [-0.3, -0.25) is 0 Å². The molecular formula is C26H21I. The molecule has 0 bridgehead atoms. The second-order valence-corrected chi connectivity index (χ2v) is 8.74. The smallest absolute Gasteiger partial charge is 0.0677 e. The summed E-state index contributed by atoms with van der Waals surface area (Å²) in [6, 6.07) is 28.9. The van der Waals surface area contributed by atoms with Gasteiger partial charge in [-0.05, 0) is 74.4 Å². The van der Waals surface area contributed by atoms with Crippen LogP contribution in [-0.4, -0.2) is 0 Å². The third kappa shape index (κ3) is 2.41. The highest BCUT2D eigenvalue weighted by molar-refractivity contribution is 14.1. The van der Waals surface area contributed by atoms with Gasteiger partial charge in [0.15, 0.2) is 0 Å². The van der Waals surface area contributed by atoms with Crippen molar-refractivity contribution in [3.05, 3.63) is 122 Å². The molecule has 0 heterocycles. The first kappa shape index (κ1) is 17.0. The molecule has 0 fully saturated rings. The van der Waals surface area contributed by atoms with Crippen LogP contribution < -0.4 is 0 Å². The normalized spacial score (nSPS) is 19.7. The predicted molar refractivity (Wildman–Crippen MR) is 122 cm³/mol. The van der Waals surface area contributed by atoms with Crippen LogP contribution in [0.3, 0.4) is 0 Å². The summed E-state index contributed by atoms with van der Waals surface area (Å²) in [6.45, 7) is 2.33. The molecule has 1 atom stereocenters. The Bertz CT molecular complexity index is 1020. The molecule has 2 aliphatic carbocycles. The Morgan fingerprint density at radius 2 is 1.44 bits per heavy atom. The molecule has 0 saturated carbocycles. The molecule has 5 rings (SSSR count). The van der Waals surface area contributed by atoms with E-state index in [4.69, 9.17) is 0 Å². The fraction of sp³-hybridized carbons (Fsp3) is 0.154. The summed E-state index contributed by atoms with van der Waals surface area (Å²) in [6.07, 6.45) is 5.84. The van der Waals surface area contributed by atoms with E-state index in [0.29, 0.717) is 5.92 Å². The van der Waals surface area contributed by atoms with Crippen LogP contribution in [0.5, 0.6) is 0 Å². The lowest BCUT2D eigenvalue weighted by Gasteiger charge is -2.37. The van der Waals surface area contributed by atoms with Gasteiger partial charge < -0.3 is 0 Å². The van der Waals surface area contributed by atoms with Crippen molar-refractivity contribution in [2.45, 2.75) is 18.8 Å². The molecule has 0 spiro atoms. The van der Waals surface area contributed by atoms with E-state index in [1.165, 1.54) is 31.4 Å². The lowest BCUT2D eigenvalue weighted by molar-refractivity contribution is 0.622. The number of rotatable bonds is 2. The zero-order valence-corrected chi connectivity index (χ0v) is 17.5. The Morgan fingerprint density at radius 3 is 2.07 bits per heavy atom. The van der Waals surface area contributed by atoms with Crippen LogP contribution in [0.2, 0.25) is 0 Å². The fourth-order valence-electron chi connectivity index (χ4n) is 4.93. The number of allylic oxidation sites excluding steroid dienone is 4. The van der Waals surface area contributed by atoms with E-state index in [2.05, 4.69) is 121 Å². The highest BCUT2D eigenvalue weighted by Gasteiger charge is 2.48. The van der Waals surface area contributed by atoms with Crippen molar-refractivity contribution in [2.24, 2.45) is 5.92 Å². The minimum absolute atomic E-state index is 0.201. The lowest BCUT2D eigenvalue weighted by atomic mass is 9.65. The summed E-state index contributed by atoms with van der Waals surface area (Å²) in [5.74, 6) is 0.558. The van der Waals surface area contributed by atoms with Gasteiger partial charge in [-0.1, -0.05) is 91.9 Å².